The molecule has 5 heteroatoms. The molecule has 0 unspecified atom stereocenters. The van der Waals surface area contributed by atoms with E-state index < -0.39 is 0 Å². The number of urea groups is 1. The van der Waals surface area contributed by atoms with Crippen LogP contribution in [0.15, 0.2) is 24.3 Å². The second kappa shape index (κ2) is 4.61. The van der Waals surface area contributed by atoms with E-state index in [4.69, 9.17) is 16.3 Å². The topological polar surface area (TPSA) is 41.6 Å². The fraction of sp³-hybridized carbons (Fsp3) is 0.364. The van der Waals surface area contributed by atoms with Crippen LogP contribution in [-0.2, 0) is 0 Å². The number of likely N-dealkylation sites (tertiary alicyclic amines) is 1. The molecular formula is C11H13ClN2O2. The van der Waals surface area contributed by atoms with Gasteiger partial charge in [0.05, 0.1) is 18.1 Å². The molecular weight excluding hydrogens is 228 g/mol. The second-order valence-corrected chi connectivity index (χ2v) is 4.04. The lowest BCUT2D eigenvalue weighted by Gasteiger charge is -2.38. The maximum absolute atomic E-state index is 11.2. The molecule has 16 heavy (non-hydrogen) atoms. The maximum Gasteiger partial charge on any atom is 0.317 e. The van der Waals surface area contributed by atoms with Crippen molar-refractivity contribution in [3.05, 3.63) is 29.3 Å². The Balaban J connectivity index is 1.86. The van der Waals surface area contributed by atoms with Crippen molar-refractivity contribution in [3.8, 4) is 5.75 Å². The van der Waals surface area contributed by atoms with E-state index in [9.17, 15) is 4.79 Å². The summed E-state index contributed by atoms with van der Waals surface area (Å²) in [5, 5.41) is 3.17. The molecule has 1 heterocycles. The first kappa shape index (κ1) is 11.1. The summed E-state index contributed by atoms with van der Waals surface area (Å²) in [5.41, 5.74) is 0. The van der Waals surface area contributed by atoms with Gasteiger partial charge in [0, 0.05) is 7.05 Å². The lowest BCUT2D eigenvalue weighted by atomic mass is 10.2. The molecule has 1 aromatic rings. The number of carbonyl (C=O) groups excluding carboxylic acids is 1. The second-order valence-electron chi connectivity index (χ2n) is 3.63. The van der Waals surface area contributed by atoms with Crippen molar-refractivity contribution in [3.63, 3.8) is 0 Å². The van der Waals surface area contributed by atoms with Crippen molar-refractivity contribution >= 4 is 17.6 Å². The molecule has 1 fully saturated rings. The number of hydrogen-bond acceptors (Lipinski definition) is 2. The predicted octanol–water partition coefficient (Wildman–Crippen LogP) is 1.74. The molecule has 1 saturated heterocycles. The molecule has 1 N–H and O–H groups in total. The number of hydrogen-bond donors (Lipinski definition) is 1. The van der Waals surface area contributed by atoms with Crippen molar-refractivity contribution in [2.24, 2.45) is 0 Å². The quantitative estimate of drug-likeness (QED) is 0.856. The van der Waals surface area contributed by atoms with E-state index in [1.807, 2.05) is 18.2 Å². The van der Waals surface area contributed by atoms with Gasteiger partial charge in [-0.05, 0) is 12.1 Å². The highest BCUT2D eigenvalue weighted by Crippen LogP contribution is 2.26. The van der Waals surface area contributed by atoms with Crippen LogP contribution in [0, 0.1) is 0 Å². The Morgan fingerprint density at radius 1 is 1.50 bits per heavy atom. The molecule has 1 aliphatic heterocycles. The van der Waals surface area contributed by atoms with Crippen molar-refractivity contribution in [1.29, 1.82) is 0 Å². The molecule has 2 rings (SSSR count). The molecule has 0 aromatic heterocycles. The van der Waals surface area contributed by atoms with Crippen molar-refractivity contribution in [1.82, 2.24) is 10.2 Å². The van der Waals surface area contributed by atoms with Crippen LogP contribution in [0.25, 0.3) is 0 Å². The summed E-state index contributed by atoms with van der Waals surface area (Å²) < 4.78 is 5.65. The van der Waals surface area contributed by atoms with Gasteiger partial charge in [-0.1, -0.05) is 23.7 Å². The molecule has 0 radical (unpaired) electrons. The van der Waals surface area contributed by atoms with Crippen LogP contribution in [0.4, 0.5) is 4.79 Å². The number of carbonyl (C=O) groups is 1. The number of para-hydroxylation sites is 1. The standard InChI is InChI=1S/C11H13ClN2O2/c1-13-11(15)14-6-8(7-14)16-10-5-3-2-4-9(10)12/h2-5,8H,6-7H2,1H3,(H,13,15). The van der Waals surface area contributed by atoms with E-state index >= 15 is 0 Å². The molecule has 1 aromatic carbocycles. The lowest BCUT2D eigenvalue weighted by Crippen LogP contribution is -2.58. The predicted molar refractivity (Wildman–Crippen MR) is 61.9 cm³/mol. The number of halogens is 1. The van der Waals surface area contributed by atoms with Gasteiger partial charge in [0.15, 0.2) is 0 Å². The van der Waals surface area contributed by atoms with Gasteiger partial charge in [0.1, 0.15) is 11.9 Å². The van der Waals surface area contributed by atoms with E-state index in [1.54, 1.807) is 18.0 Å². The number of ether oxygens (including phenoxy) is 1. The minimum absolute atomic E-state index is 0.0391. The third-order valence-corrected chi connectivity index (χ3v) is 2.79. The third-order valence-electron chi connectivity index (χ3n) is 2.48. The fourth-order valence-corrected chi connectivity index (χ4v) is 1.74. The van der Waals surface area contributed by atoms with Gasteiger partial charge in [0.25, 0.3) is 0 Å². The average Bonchev–Trinajstić information content (AvgIpc) is 2.24. The van der Waals surface area contributed by atoms with E-state index in [1.165, 1.54) is 0 Å². The molecule has 4 nitrogen and oxygen atoms in total. The molecule has 0 bridgehead atoms. The zero-order valence-electron chi connectivity index (χ0n) is 8.94. The van der Waals surface area contributed by atoms with Gasteiger partial charge in [0.2, 0.25) is 0 Å². The van der Waals surface area contributed by atoms with Crippen LogP contribution in [0.1, 0.15) is 0 Å². The first-order valence-corrected chi connectivity index (χ1v) is 5.46. The molecule has 86 valence electrons. The van der Waals surface area contributed by atoms with Gasteiger partial charge in [-0.15, -0.1) is 0 Å². The number of benzene rings is 1. The highest BCUT2D eigenvalue weighted by Gasteiger charge is 2.31. The molecule has 0 atom stereocenters. The minimum atomic E-state index is -0.0704. The highest BCUT2D eigenvalue weighted by molar-refractivity contribution is 6.32. The summed E-state index contributed by atoms with van der Waals surface area (Å²) in [6.07, 6.45) is 0.0391. The molecule has 0 aliphatic carbocycles. The Hall–Kier alpha value is -1.42. The highest BCUT2D eigenvalue weighted by atomic mass is 35.5. The van der Waals surface area contributed by atoms with Crippen LogP contribution in [0.2, 0.25) is 5.02 Å². The summed E-state index contributed by atoms with van der Waals surface area (Å²) in [5.74, 6) is 0.672. The van der Waals surface area contributed by atoms with Crippen LogP contribution in [0.3, 0.4) is 0 Å². The van der Waals surface area contributed by atoms with Gasteiger partial charge >= 0.3 is 6.03 Å². The summed E-state index contributed by atoms with van der Waals surface area (Å²) >= 11 is 5.96. The van der Waals surface area contributed by atoms with Crippen molar-refractivity contribution in [2.45, 2.75) is 6.10 Å². The molecule has 1 aliphatic rings. The smallest absolute Gasteiger partial charge is 0.317 e. The van der Waals surface area contributed by atoms with Crippen LogP contribution >= 0.6 is 11.6 Å². The maximum atomic E-state index is 11.2. The van der Waals surface area contributed by atoms with Gasteiger partial charge in [-0.3, -0.25) is 0 Å². The fourth-order valence-electron chi connectivity index (χ4n) is 1.56. The van der Waals surface area contributed by atoms with Crippen LogP contribution in [0.5, 0.6) is 5.75 Å². The lowest BCUT2D eigenvalue weighted by molar-refractivity contribution is 0.0452. The Morgan fingerprint density at radius 2 is 2.19 bits per heavy atom. The third kappa shape index (κ3) is 2.22. The molecule has 2 amide bonds. The number of nitrogens with one attached hydrogen (secondary N) is 1. The SMILES string of the molecule is CNC(=O)N1CC(Oc2ccccc2Cl)C1. The van der Waals surface area contributed by atoms with Crippen molar-refractivity contribution in [2.75, 3.05) is 20.1 Å². The van der Waals surface area contributed by atoms with E-state index in [-0.39, 0.29) is 12.1 Å². The Kier molecular flexibility index (Phi) is 3.19. The van der Waals surface area contributed by atoms with E-state index in [2.05, 4.69) is 5.32 Å². The van der Waals surface area contributed by atoms with Crippen molar-refractivity contribution < 1.29 is 9.53 Å². The summed E-state index contributed by atoms with van der Waals surface area (Å²) in [4.78, 5) is 12.9. The van der Waals surface area contributed by atoms with Crippen LogP contribution in [-0.4, -0.2) is 37.2 Å². The first-order valence-electron chi connectivity index (χ1n) is 5.08. The monoisotopic (exact) mass is 240 g/mol. The van der Waals surface area contributed by atoms with Crippen LogP contribution < -0.4 is 10.1 Å². The normalized spacial score (nSPS) is 15.5. The zero-order valence-corrected chi connectivity index (χ0v) is 9.70. The Labute approximate surface area is 99.1 Å². The van der Waals surface area contributed by atoms with Gasteiger partial charge in [-0.2, -0.15) is 0 Å². The zero-order chi connectivity index (χ0) is 11.5. The summed E-state index contributed by atoms with van der Waals surface area (Å²) in [7, 11) is 1.62. The summed E-state index contributed by atoms with van der Waals surface area (Å²) in [6.45, 7) is 1.20. The Morgan fingerprint density at radius 3 is 2.81 bits per heavy atom. The summed E-state index contributed by atoms with van der Waals surface area (Å²) in [6, 6.07) is 7.26. The molecule has 0 saturated carbocycles. The van der Waals surface area contributed by atoms with Gasteiger partial charge in [-0.25, -0.2) is 4.79 Å². The largest absolute Gasteiger partial charge is 0.485 e. The first-order chi connectivity index (χ1) is 7.70. The molecule has 0 spiro atoms. The van der Waals surface area contributed by atoms with Gasteiger partial charge < -0.3 is 15.0 Å². The van der Waals surface area contributed by atoms with E-state index in [0.717, 1.165) is 0 Å². The number of rotatable bonds is 2. The minimum Gasteiger partial charge on any atom is -0.485 e. The number of amides is 2. The Bertz CT molecular complexity index is 391. The average molecular weight is 241 g/mol. The van der Waals surface area contributed by atoms with E-state index in [0.29, 0.717) is 23.9 Å². The number of nitrogens with zero attached hydrogens (tertiary/aromatic N) is 1.